The molecule has 1 aliphatic rings. The molecule has 0 heterocycles. The lowest BCUT2D eigenvalue weighted by Gasteiger charge is -2.33. The Hall–Kier alpha value is -0.340. The fraction of sp³-hybridized carbons (Fsp3) is 0.867. The minimum atomic E-state index is -0.321. The van der Waals surface area contributed by atoms with Crippen LogP contribution in [0.15, 0.2) is 12.2 Å². The van der Waals surface area contributed by atoms with E-state index in [0.29, 0.717) is 17.8 Å². The van der Waals surface area contributed by atoms with Crippen LogP contribution in [0.4, 0.5) is 0 Å². The molecule has 0 aromatic rings. The molecule has 2 nitrogen and oxygen atoms in total. The molecule has 2 unspecified atom stereocenters. The molecule has 0 aromatic heterocycles. The van der Waals surface area contributed by atoms with E-state index < -0.39 is 0 Å². The van der Waals surface area contributed by atoms with Crippen molar-refractivity contribution >= 4 is 0 Å². The van der Waals surface area contributed by atoms with Crippen molar-refractivity contribution < 1.29 is 10.2 Å². The van der Waals surface area contributed by atoms with Gasteiger partial charge in [0.15, 0.2) is 0 Å². The van der Waals surface area contributed by atoms with Gasteiger partial charge in [-0.2, -0.15) is 0 Å². The van der Waals surface area contributed by atoms with E-state index in [9.17, 15) is 10.2 Å². The Bertz CT molecular complexity index is 247. The molecule has 2 N–H and O–H groups in total. The van der Waals surface area contributed by atoms with Crippen molar-refractivity contribution in [2.45, 2.75) is 65.1 Å². The van der Waals surface area contributed by atoms with E-state index >= 15 is 0 Å². The minimum absolute atomic E-state index is 0.188. The van der Waals surface area contributed by atoms with Crippen LogP contribution in [0.5, 0.6) is 0 Å². The zero-order chi connectivity index (χ0) is 13.0. The van der Waals surface area contributed by atoms with Crippen LogP contribution in [0.3, 0.4) is 0 Å². The average Bonchev–Trinajstić information content (AvgIpc) is 2.20. The van der Waals surface area contributed by atoms with E-state index in [0.717, 1.165) is 37.7 Å². The molecular weight excluding hydrogens is 212 g/mol. The normalized spacial score (nSPS) is 29.4. The van der Waals surface area contributed by atoms with Gasteiger partial charge in [-0.05, 0) is 55.4 Å². The second kappa shape index (κ2) is 6.55. The molecule has 0 saturated heterocycles. The van der Waals surface area contributed by atoms with Gasteiger partial charge in [-0.1, -0.05) is 27.4 Å². The Morgan fingerprint density at radius 1 is 1.29 bits per heavy atom. The summed E-state index contributed by atoms with van der Waals surface area (Å²) in [6, 6.07) is 0. The average molecular weight is 240 g/mol. The first-order valence-corrected chi connectivity index (χ1v) is 6.94. The lowest BCUT2D eigenvalue weighted by molar-refractivity contribution is 0.0805. The topological polar surface area (TPSA) is 40.5 Å². The maximum Gasteiger partial charge on any atom is 0.0750 e. The maximum absolute atomic E-state index is 9.96. The predicted molar refractivity (Wildman–Crippen MR) is 71.7 cm³/mol. The number of aliphatic hydroxyl groups is 2. The fourth-order valence-electron chi connectivity index (χ4n) is 2.89. The second-order valence-electron chi connectivity index (χ2n) is 6.20. The van der Waals surface area contributed by atoms with Crippen molar-refractivity contribution in [3.63, 3.8) is 0 Å². The highest BCUT2D eigenvalue weighted by atomic mass is 16.3. The van der Waals surface area contributed by atoms with Gasteiger partial charge in [0.1, 0.15) is 0 Å². The Morgan fingerprint density at radius 2 is 1.94 bits per heavy atom. The standard InChI is InChI=1S/C15H28O2/c1-10(2)7-14(16)8-12(4)13-6-5-11(3)15(17)9-13/h10,12-17H,3,5-9H2,1-2,4H3/t12-,13-,14?,15?/m0/s1. The quantitative estimate of drug-likeness (QED) is 0.725. The molecule has 0 aromatic carbocycles. The smallest absolute Gasteiger partial charge is 0.0750 e. The van der Waals surface area contributed by atoms with Gasteiger partial charge in [0.25, 0.3) is 0 Å². The Kier molecular flexibility index (Phi) is 5.68. The molecule has 100 valence electrons. The van der Waals surface area contributed by atoms with Crippen molar-refractivity contribution in [3.8, 4) is 0 Å². The van der Waals surface area contributed by atoms with E-state index in [-0.39, 0.29) is 12.2 Å². The first-order chi connectivity index (χ1) is 7.90. The third-order valence-electron chi connectivity index (χ3n) is 4.03. The Labute approximate surface area is 106 Å². The molecule has 0 radical (unpaired) electrons. The minimum Gasteiger partial charge on any atom is -0.393 e. The summed E-state index contributed by atoms with van der Waals surface area (Å²) in [5.41, 5.74) is 0.983. The molecule has 1 rings (SSSR count). The van der Waals surface area contributed by atoms with Gasteiger partial charge in [0, 0.05) is 0 Å². The van der Waals surface area contributed by atoms with Crippen LogP contribution in [-0.4, -0.2) is 22.4 Å². The predicted octanol–water partition coefficient (Wildman–Crippen LogP) is 3.14. The van der Waals surface area contributed by atoms with Crippen LogP contribution in [0, 0.1) is 17.8 Å². The first-order valence-electron chi connectivity index (χ1n) is 6.94. The SMILES string of the molecule is C=C1CC[C@H]([C@@H](C)CC(O)CC(C)C)CC1O. The van der Waals surface area contributed by atoms with Gasteiger partial charge in [0.05, 0.1) is 12.2 Å². The summed E-state index contributed by atoms with van der Waals surface area (Å²) >= 11 is 0. The molecular formula is C15H28O2. The van der Waals surface area contributed by atoms with Crippen LogP contribution in [0.1, 0.15) is 52.9 Å². The van der Waals surface area contributed by atoms with E-state index in [1.54, 1.807) is 0 Å². The lowest BCUT2D eigenvalue weighted by Crippen LogP contribution is -2.28. The first kappa shape index (κ1) is 14.7. The summed E-state index contributed by atoms with van der Waals surface area (Å²) in [5, 5.41) is 19.8. The molecule has 0 aliphatic heterocycles. The van der Waals surface area contributed by atoms with Crippen LogP contribution < -0.4 is 0 Å². The highest BCUT2D eigenvalue weighted by Crippen LogP contribution is 2.34. The molecule has 1 aliphatic carbocycles. The molecule has 1 saturated carbocycles. The van der Waals surface area contributed by atoms with Gasteiger partial charge in [0.2, 0.25) is 0 Å². The molecule has 17 heavy (non-hydrogen) atoms. The molecule has 0 amide bonds. The summed E-state index contributed by atoms with van der Waals surface area (Å²) in [4.78, 5) is 0. The van der Waals surface area contributed by atoms with E-state index in [1.165, 1.54) is 0 Å². The van der Waals surface area contributed by atoms with Crippen molar-refractivity contribution in [2.75, 3.05) is 0 Å². The highest BCUT2D eigenvalue weighted by Gasteiger charge is 2.28. The number of hydrogen-bond acceptors (Lipinski definition) is 2. The van der Waals surface area contributed by atoms with Crippen LogP contribution in [-0.2, 0) is 0 Å². The summed E-state index contributed by atoms with van der Waals surface area (Å²) in [5.74, 6) is 1.58. The zero-order valence-electron chi connectivity index (χ0n) is 11.5. The third-order valence-corrected chi connectivity index (χ3v) is 4.03. The van der Waals surface area contributed by atoms with Gasteiger partial charge in [-0.3, -0.25) is 0 Å². The van der Waals surface area contributed by atoms with Gasteiger partial charge in [-0.25, -0.2) is 0 Å². The fourth-order valence-corrected chi connectivity index (χ4v) is 2.89. The number of hydrogen-bond donors (Lipinski definition) is 2. The van der Waals surface area contributed by atoms with Crippen molar-refractivity contribution in [1.29, 1.82) is 0 Å². The Balaban J connectivity index is 2.37. The summed E-state index contributed by atoms with van der Waals surface area (Å²) < 4.78 is 0. The molecule has 0 bridgehead atoms. The Morgan fingerprint density at radius 3 is 2.47 bits per heavy atom. The van der Waals surface area contributed by atoms with Gasteiger partial charge < -0.3 is 10.2 Å². The van der Waals surface area contributed by atoms with E-state index in [4.69, 9.17) is 0 Å². The zero-order valence-corrected chi connectivity index (χ0v) is 11.5. The van der Waals surface area contributed by atoms with Crippen LogP contribution >= 0.6 is 0 Å². The van der Waals surface area contributed by atoms with E-state index in [1.807, 2.05) is 0 Å². The van der Waals surface area contributed by atoms with E-state index in [2.05, 4.69) is 27.4 Å². The monoisotopic (exact) mass is 240 g/mol. The number of aliphatic hydroxyl groups excluding tert-OH is 2. The van der Waals surface area contributed by atoms with Gasteiger partial charge >= 0.3 is 0 Å². The second-order valence-corrected chi connectivity index (χ2v) is 6.20. The lowest BCUT2D eigenvalue weighted by atomic mass is 9.75. The third kappa shape index (κ3) is 4.81. The maximum atomic E-state index is 9.96. The molecule has 0 spiro atoms. The summed E-state index contributed by atoms with van der Waals surface area (Å²) in [6.07, 6.45) is 4.12. The van der Waals surface area contributed by atoms with Crippen LogP contribution in [0.25, 0.3) is 0 Å². The van der Waals surface area contributed by atoms with Gasteiger partial charge in [-0.15, -0.1) is 0 Å². The summed E-state index contributed by atoms with van der Waals surface area (Å²) in [6.45, 7) is 10.4. The largest absolute Gasteiger partial charge is 0.393 e. The van der Waals surface area contributed by atoms with Crippen molar-refractivity contribution in [1.82, 2.24) is 0 Å². The van der Waals surface area contributed by atoms with Crippen molar-refractivity contribution in [3.05, 3.63) is 12.2 Å². The van der Waals surface area contributed by atoms with Crippen LogP contribution in [0.2, 0.25) is 0 Å². The molecule has 2 heteroatoms. The molecule has 1 fully saturated rings. The highest BCUT2D eigenvalue weighted by molar-refractivity contribution is 5.06. The summed E-state index contributed by atoms with van der Waals surface area (Å²) in [7, 11) is 0. The molecule has 4 atom stereocenters. The number of rotatable bonds is 5. The van der Waals surface area contributed by atoms with Crippen molar-refractivity contribution in [2.24, 2.45) is 17.8 Å².